The third-order valence-corrected chi connectivity index (χ3v) is 4.22. The fourth-order valence-electron chi connectivity index (χ4n) is 2.43. The van der Waals surface area contributed by atoms with E-state index >= 15 is 0 Å². The number of nitrogens with zero attached hydrogens (tertiary/aromatic N) is 2. The molecule has 2 aromatic carbocycles. The Morgan fingerprint density at radius 3 is 2.19 bits per heavy atom. The number of oxime groups is 1. The molecule has 0 aliphatic carbocycles. The Balaban J connectivity index is 1.73. The minimum absolute atomic E-state index is 0.552. The van der Waals surface area contributed by atoms with Crippen LogP contribution in [0.15, 0.2) is 53.7 Å². The van der Waals surface area contributed by atoms with Gasteiger partial charge in [-0.3, -0.25) is 10.2 Å². The van der Waals surface area contributed by atoms with E-state index in [2.05, 4.69) is 10.5 Å². The topological polar surface area (TPSA) is 63.2 Å². The molecule has 0 aromatic heterocycles. The molecule has 0 atom stereocenters. The number of carbonyl (C=O) groups is 1. The van der Waals surface area contributed by atoms with E-state index in [0.717, 1.165) is 5.56 Å². The van der Waals surface area contributed by atoms with Gasteiger partial charge in [-0.15, -0.1) is 0 Å². The predicted octanol–water partition coefficient (Wildman–Crippen LogP) is 4.24. The van der Waals surface area contributed by atoms with Crippen molar-refractivity contribution in [3.63, 3.8) is 0 Å². The van der Waals surface area contributed by atoms with E-state index in [9.17, 15) is 4.79 Å². The lowest BCUT2D eigenvalue weighted by Crippen LogP contribution is -2.41. The normalized spacial score (nSPS) is 14.8. The summed E-state index contributed by atoms with van der Waals surface area (Å²) < 4.78 is 5.37. The molecule has 1 N–H and O–H groups in total. The van der Waals surface area contributed by atoms with Crippen LogP contribution in [0.3, 0.4) is 0 Å². The van der Waals surface area contributed by atoms with E-state index < -0.39 is 6.09 Å². The lowest BCUT2D eigenvalue weighted by atomic mass is 10.2. The van der Waals surface area contributed by atoms with Crippen molar-refractivity contribution in [1.82, 2.24) is 4.90 Å². The minimum atomic E-state index is -0.688. The summed E-state index contributed by atoms with van der Waals surface area (Å²) in [6, 6.07) is 13.9. The Hall–Kier alpha value is -2.28. The quantitative estimate of drug-likeness (QED) is 0.366. The number of anilines is 1. The average Bonchev–Trinajstić information content (AvgIpc) is 2.66. The Kier molecular flexibility index (Phi) is 6.33. The molecule has 0 bridgehead atoms. The van der Waals surface area contributed by atoms with Gasteiger partial charge >= 0.3 is 6.09 Å². The molecule has 1 saturated heterocycles. The Labute approximate surface area is 161 Å². The summed E-state index contributed by atoms with van der Waals surface area (Å²) in [4.78, 5) is 19.1. The molecule has 0 radical (unpaired) electrons. The molecule has 26 heavy (non-hydrogen) atoms. The second-order valence-corrected chi connectivity index (χ2v) is 6.40. The third-order valence-electron chi connectivity index (χ3n) is 3.72. The number of hydrogen-bond donors (Lipinski definition) is 1. The standard InChI is InChI=1S/C18H17Cl2N3O3/c19-14-3-1-13(2-4-14)17(23-9-11-25-12-10-23)22-26-18(24)21-16-7-5-15(20)6-8-16/h1-8H,9-12H2,(H,21,24)/b22-17+. The van der Waals surface area contributed by atoms with E-state index in [4.69, 9.17) is 32.8 Å². The van der Waals surface area contributed by atoms with Crippen molar-refractivity contribution in [2.45, 2.75) is 0 Å². The van der Waals surface area contributed by atoms with Crippen LogP contribution in [-0.2, 0) is 9.57 Å². The first-order valence-electron chi connectivity index (χ1n) is 8.02. The summed E-state index contributed by atoms with van der Waals surface area (Å²) in [5.41, 5.74) is 1.37. The van der Waals surface area contributed by atoms with Crippen molar-refractivity contribution in [1.29, 1.82) is 0 Å². The maximum Gasteiger partial charge on any atom is 0.437 e. The molecule has 1 aliphatic heterocycles. The van der Waals surface area contributed by atoms with Crippen LogP contribution in [-0.4, -0.2) is 43.1 Å². The van der Waals surface area contributed by atoms with Crippen LogP contribution in [0, 0.1) is 0 Å². The Morgan fingerprint density at radius 2 is 1.58 bits per heavy atom. The smallest absolute Gasteiger partial charge is 0.378 e. The molecule has 0 unspecified atom stereocenters. The lowest BCUT2D eigenvalue weighted by molar-refractivity contribution is 0.0664. The van der Waals surface area contributed by atoms with Gasteiger partial charge in [0.05, 0.1) is 13.2 Å². The van der Waals surface area contributed by atoms with Gasteiger partial charge < -0.3 is 9.64 Å². The van der Waals surface area contributed by atoms with Crippen molar-refractivity contribution >= 4 is 40.8 Å². The van der Waals surface area contributed by atoms with Crippen LogP contribution in [0.5, 0.6) is 0 Å². The molecule has 136 valence electrons. The summed E-state index contributed by atoms with van der Waals surface area (Å²) in [7, 11) is 0. The van der Waals surface area contributed by atoms with Gasteiger partial charge in [-0.25, -0.2) is 4.79 Å². The summed E-state index contributed by atoms with van der Waals surface area (Å²) >= 11 is 11.8. The van der Waals surface area contributed by atoms with E-state index in [1.807, 2.05) is 17.0 Å². The largest absolute Gasteiger partial charge is 0.437 e. The second-order valence-electron chi connectivity index (χ2n) is 5.53. The van der Waals surface area contributed by atoms with Crippen molar-refractivity contribution in [2.24, 2.45) is 5.16 Å². The zero-order valence-corrected chi connectivity index (χ0v) is 15.3. The fourth-order valence-corrected chi connectivity index (χ4v) is 2.68. The van der Waals surface area contributed by atoms with Gasteiger partial charge in [-0.05, 0) is 48.5 Å². The number of morpholine rings is 1. The highest BCUT2D eigenvalue weighted by Gasteiger charge is 2.18. The molecule has 0 saturated carbocycles. The van der Waals surface area contributed by atoms with Gasteiger partial charge in [0.1, 0.15) is 0 Å². The van der Waals surface area contributed by atoms with E-state index in [-0.39, 0.29) is 0 Å². The summed E-state index contributed by atoms with van der Waals surface area (Å²) in [6.45, 7) is 2.49. The monoisotopic (exact) mass is 393 g/mol. The molecule has 1 fully saturated rings. The first-order valence-corrected chi connectivity index (χ1v) is 8.77. The number of rotatable bonds is 3. The molecule has 1 amide bonds. The van der Waals surface area contributed by atoms with Crippen LogP contribution >= 0.6 is 23.2 Å². The van der Waals surface area contributed by atoms with E-state index in [1.54, 1.807) is 36.4 Å². The van der Waals surface area contributed by atoms with Gasteiger partial charge in [0.2, 0.25) is 0 Å². The molecule has 6 nitrogen and oxygen atoms in total. The summed E-state index contributed by atoms with van der Waals surface area (Å²) in [5.74, 6) is 0.552. The number of carbonyl (C=O) groups excluding carboxylic acids is 1. The second kappa shape index (κ2) is 8.89. The maximum atomic E-state index is 12.0. The van der Waals surface area contributed by atoms with Crippen molar-refractivity contribution in [3.8, 4) is 0 Å². The van der Waals surface area contributed by atoms with Gasteiger partial charge in [-0.2, -0.15) is 0 Å². The zero-order valence-electron chi connectivity index (χ0n) is 13.8. The number of halogens is 2. The van der Waals surface area contributed by atoms with Gasteiger partial charge in [-0.1, -0.05) is 28.4 Å². The first-order chi connectivity index (χ1) is 12.6. The zero-order chi connectivity index (χ0) is 18.4. The number of benzene rings is 2. The minimum Gasteiger partial charge on any atom is -0.378 e. The van der Waals surface area contributed by atoms with Crippen molar-refractivity contribution in [2.75, 3.05) is 31.6 Å². The molecule has 1 aliphatic rings. The van der Waals surface area contributed by atoms with E-state index in [1.165, 1.54) is 0 Å². The van der Waals surface area contributed by atoms with Crippen LogP contribution in [0.2, 0.25) is 10.0 Å². The van der Waals surface area contributed by atoms with Crippen LogP contribution < -0.4 is 5.32 Å². The van der Waals surface area contributed by atoms with Crippen LogP contribution in [0.1, 0.15) is 5.56 Å². The van der Waals surface area contributed by atoms with E-state index in [0.29, 0.717) is 47.9 Å². The van der Waals surface area contributed by atoms with Crippen molar-refractivity contribution < 1.29 is 14.4 Å². The first kappa shape index (κ1) is 18.5. The highest BCUT2D eigenvalue weighted by Crippen LogP contribution is 2.15. The number of nitrogens with one attached hydrogen (secondary N) is 1. The molecule has 8 heteroatoms. The van der Waals surface area contributed by atoms with Crippen molar-refractivity contribution in [3.05, 3.63) is 64.1 Å². The average molecular weight is 394 g/mol. The van der Waals surface area contributed by atoms with Crippen LogP contribution in [0.4, 0.5) is 10.5 Å². The maximum absolute atomic E-state index is 12.0. The number of ether oxygens (including phenoxy) is 1. The van der Waals surface area contributed by atoms with Crippen LogP contribution in [0.25, 0.3) is 0 Å². The Morgan fingerprint density at radius 1 is 1.00 bits per heavy atom. The number of amidine groups is 1. The highest BCUT2D eigenvalue weighted by atomic mass is 35.5. The van der Waals surface area contributed by atoms with Gasteiger partial charge in [0.15, 0.2) is 5.84 Å². The fraction of sp³-hybridized carbons (Fsp3) is 0.222. The molecule has 2 aromatic rings. The summed E-state index contributed by atoms with van der Waals surface area (Å²) in [6.07, 6.45) is -0.688. The molecular formula is C18H17Cl2N3O3. The molecular weight excluding hydrogens is 377 g/mol. The van der Waals surface area contributed by atoms with Gasteiger partial charge in [0.25, 0.3) is 0 Å². The lowest BCUT2D eigenvalue weighted by Gasteiger charge is -2.29. The number of hydrogen-bond acceptors (Lipinski definition) is 4. The third kappa shape index (κ3) is 5.11. The molecule has 0 spiro atoms. The Bertz CT molecular complexity index is 773. The SMILES string of the molecule is O=C(Nc1ccc(Cl)cc1)O/N=C(\c1ccc(Cl)cc1)N1CCOCC1. The van der Waals surface area contributed by atoms with Gasteiger partial charge in [0, 0.05) is 34.4 Å². The summed E-state index contributed by atoms with van der Waals surface area (Å²) in [5, 5.41) is 7.87. The number of amides is 1. The molecule has 1 heterocycles. The highest BCUT2D eigenvalue weighted by molar-refractivity contribution is 6.31. The molecule has 3 rings (SSSR count). The predicted molar refractivity (Wildman–Crippen MR) is 102 cm³/mol.